The molecule has 2 rings (SSSR count). The number of carbonyl (C=O) groups is 2. The summed E-state index contributed by atoms with van der Waals surface area (Å²) in [6, 6.07) is 0. The number of hydrogen-bond donors (Lipinski definition) is 1. The molecule has 2 fully saturated rings. The molecular weight excluding hydrogens is 152 g/mol. The summed E-state index contributed by atoms with van der Waals surface area (Å²) in [4.78, 5) is 21.2. The molecule has 0 spiro atoms. The Morgan fingerprint density at radius 2 is 2.09 bits per heavy atom. The van der Waals surface area contributed by atoms with Gasteiger partial charge in [-0.25, -0.2) is 4.79 Å². The Labute approximate surface area is 61.9 Å². The molecule has 0 bridgehead atoms. The molecule has 2 heterocycles. The summed E-state index contributed by atoms with van der Waals surface area (Å²) in [6.45, 7) is 0. The van der Waals surface area contributed by atoms with Gasteiger partial charge in [-0.05, 0) is 0 Å². The molecule has 2 aliphatic heterocycles. The number of aliphatic hydroxyl groups excluding tert-OH is 1. The van der Waals surface area contributed by atoms with Gasteiger partial charge in [-0.1, -0.05) is 0 Å². The summed E-state index contributed by atoms with van der Waals surface area (Å²) in [5, 5.41) is 9.03. The minimum atomic E-state index is -1.29. The average Bonchev–Trinajstić information content (AvgIpc) is 2.37. The molecule has 0 aromatic rings. The van der Waals surface area contributed by atoms with E-state index >= 15 is 0 Å². The lowest BCUT2D eigenvalue weighted by atomic mass is 10.1. The number of rotatable bonds is 0. The van der Waals surface area contributed by atoms with Gasteiger partial charge in [-0.15, -0.1) is 0 Å². The predicted octanol–water partition coefficient (Wildman–Crippen LogP) is -1.41. The van der Waals surface area contributed by atoms with Crippen molar-refractivity contribution in [2.75, 3.05) is 0 Å². The number of aliphatic hydroxyl groups is 1. The van der Waals surface area contributed by atoms with Gasteiger partial charge in [0.1, 0.15) is 0 Å². The molecule has 0 amide bonds. The van der Waals surface area contributed by atoms with Crippen LogP contribution in [0.3, 0.4) is 0 Å². The first-order valence-electron chi connectivity index (χ1n) is 3.26. The third-order valence-electron chi connectivity index (χ3n) is 1.82. The second-order valence-corrected chi connectivity index (χ2v) is 2.58. The molecule has 5 nitrogen and oxygen atoms in total. The number of esters is 2. The lowest BCUT2D eigenvalue weighted by Crippen LogP contribution is -2.29. The van der Waals surface area contributed by atoms with Crippen LogP contribution in [0.4, 0.5) is 0 Å². The van der Waals surface area contributed by atoms with Crippen LogP contribution >= 0.6 is 0 Å². The van der Waals surface area contributed by atoms with E-state index in [-0.39, 0.29) is 6.42 Å². The van der Waals surface area contributed by atoms with E-state index in [1.807, 2.05) is 0 Å². The van der Waals surface area contributed by atoms with Crippen molar-refractivity contribution in [1.82, 2.24) is 0 Å². The maximum Gasteiger partial charge on any atom is 0.339 e. The average molecular weight is 158 g/mol. The fourth-order valence-corrected chi connectivity index (χ4v) is 1.29. The molecule has 3 atom stereocenters. The Morgan fingerprint density at radius 1 is 1.36 bits per heavy atom. The van der Waals surface area contributed by atoms with Gasteiger partial charge in [0, 0.05) is 0 Å². The van der Waals surface area contributed by atoms with Crippen molar-refractivity contribution in [3.8, 4) is 0 Å². The van der Waals surface area contributed by atoms with E-state index in [4.69, 9.17) is 5.11 Å². The monoisotopic (exact) mass is 158 g/mol. The van der Waals surface area contributed by atoms with Crippen molar-refractivity contribution >= 4 is 11.9 Å². The maximum atomic E-state index is 10.6. The van der Waals surface area contributed by atoms with Gasteiger partial charge in [0.05, 0.1) is 6.42 Å². The van der Waals surface area contributed by atoms with Crippen LogP contribution in [0.25, 0.3) is 0 Å². The predicted molar refractivity (Wildman–Crippen MR) is 30.4 cm³/mol. The van der Waals surface area contributed by atoms with E-state index in [1.165, 1.54) is 0 Å². The Morgan fingerprint density at radius 3 is 2.73 bits per heavy atom. The maximum absolute atomic E-state index is 10.6. The first-order chi connectivity index (χ1) is 5.18. The van der Waals surface area contributed by atoms with Crippen LogP contribution in [0.5, 0.6) is 0 Å². The first-order valence-corrected chi connectivity index (χ1v) is 3.26. The van der Waals surface area contributed by atoms with Gasteiger partial charge in [0.2, 0.25) is 0 Å². The van der Waals surface area contributed by atoms with Crippen molar-refractivity contribution < 1.29 is 24.2 Å². The van der Waals surface area contributed by atoms with Crippen LogP contribution < -0.4 is 0 Å². The van der Waals surface area contributed by atoms with Crippen LogP contribution in [0.15, 0.2) is 0 Å². The van der Waals surface area contributed by atoms with Gasteiger partial charge >= 0.3 is 11.9 Å². The Kier molecular flexibility index (Phi) is 1.17. The van der Waals surface area contributed by atoms with Crippen LogP contribution in [0.2, 0.25) is 0 Å². The first kappa shape index (κ1) is 6.60. The van der Waals surface area contributed by atoms with Crippen molar-refractivity contribution in [1.29, 1.82) is 0 Å². The summed E-state index contributed by atoms with van der Waals surface area (Å²) in [5.74, 6) is -1.13. The molecule has 0 aromatic carbocycles. The van der Waals surface area contributed by atoms with Crippen LogP contribution in [0.1, 0.15) is 6.42 Å². The zero-order valence-corrected chi connectivity index (χ0v) is 5.52. The number of fused-ring (bicyclic) bond motifs is 1. The van der Waals surface area contributed by atoms with E-state index in [1.54, 1.807) is 0 Å². The van der Waals surface area contributed by atoms with Gasteiger partial charge < -0.3 is 14.6 Å². The quantitative estimate of drug-likeness (QED) is 0.438. The second-order valence-electron chi connectivity index (χ2n) is 2.58. The molecule has 2 aliphatic rings. The van der Waals surface area contributed by atoms with E-state index in [9.17, 15) is 9.59 Å². The highest BCUT2D eigenvalue weighted by atomic mass is 16.6. The molecular formula is C6H6O5. The molecule has 0 aliphatic carbocycles. The highest BCUT2D eigenvalue weighted by Crippen LogP contribution is 2.27. The van der Waals surface area contributed by atoms with Gasteiger partial charge in [0.25, 0.3) is 0 Å². The number of carbonyl (C=O) groups excluding carboxylic acids is 2. The summed E-state index contributed by atoms with van der Waals surface area (Å²) < 4.78 is 9.27. The highest BCUT2D eigenvalue weighted by molar-refractivity contribution is 5.82. The van der Waals surface area contributed by atoms with Gasteiger partial charge in [-0.2, -0.15) is 0 Å². The zero-order valence-electron chi connectivity index (χ0n) is 5.52. The Bertz CT molecular complexity index is 223. The normalized spacial score (nSPS) is 41.7. The van der Waals surface area contributed by atoms with Crippen molar-refractivity contribution in [2.24, 2.45) is 0 Å². The molecule has 60 valence electrons. The third kappa shape index (κ3) is 0.808. The van der Waals surface area contributed by atoms with Gasteiger partial charge in [-0.3, -0.25) is 4.79 Å². The lowest BCUT2D eigenvalue weighted by Gasteiger charge is -2.05. The second kappa shape index (κ2) is 1.94. The van der Waals surface area contributed by atoms with Gasteiger partial charge in [0.15, 0.2) is 18.3 Å². The molecule has 0 aromatic heterocycles. The smallest absolute Gasteiger partial charge is 0.339 e. The summed E-state index contributed by atoms with van der Waals surface area (Å²) in [5.41, 5.74) is 0. The fourth-order valence-electron chi connectivity index (χ4n) is 1.29. The number of hydrogen-bond acceptors (Lipinski definition) is 5. The molecule has 1 N–H and O–H groups in total. The Balaban J connectivity index is 2.19. The third-order valence-corrected chi connectivity index (χ3v) is 1.82. The molecule has 5 heteroatoms. The molecule has 0 saturated carbocycles. The highest BCUT2D eigenvalue weighted by Gasteiger charge is 2.51. The van der Waals surface area contributed by atoms with E-state index in [0.29, 0.717) is 0 Å². The largest absolute Gasteiger partial charge is 0.456 e. The minimum absolute atomic E-state index is 0.0630. The Hall–Kier alpha value is -1.10. The summed E-state index contributed by atoms with van der Waals surface area (Å²) >= 11 is 0. The van der Waals surface area contributed by atoms with Crippen LogP contribution in [-0.4, -0.2) is 35.4 Å². The van der Waals surface area contributed by atoms with Crippen molar-refractivity contribution in [3.05, 3.63) is 0 Å². The molecule has 0 radical (unpaired) electrons. The van der Waals surface area contributed by atoms with Crippen LogP contribution in [-0.2, 0) is 19.1 Å². The SMILES string of the molecule is O=C1C[C@H]2OC(=O)[C@H](O)[C@H]2O1. The van der Waals surface area contributed by atoms with E-state index in [2.05, 4.69) is 9.47 Å². The standard InChI is InChI=1S/C6H6O5/c7-3-1-2-5(11-3)4(8)6(9)10-2/h2,4-5,8H,1H2/t2-,4-,5+/m1/s1. The molecule has 0 unspecified atom stereocenters. The van der Waals surface area contributed by atoms with Crippen LogP contribution in [0, 0.1) is 0 Å². The molecule has 2 saturated heterocycles. The minimum Gasteiger partial charge on any atom is -0.456 e. The fraction of sp³-hybridized carbons (Fsp3) is 0.667. The lowest BCUT2D eigenvalue weighted by molar-refractivity contribution is -0.152. The van der Waals surface area contributed by atoms with E-state index < -0.39 is 30.3 Å². The summed E-state index contributed by atoms with van der Waals surface area (Å²) in [6.07, 6.45) is -2.56. The van der Waals surface area contributed by atoms with E-state index in [0.717, 1.165) is 0 Å². The molecule has 11 heavy (non-hydrogen) atoms. The topological polar surface area (TPSA) is 72.8 Å². The zero-order chi connectivity index (χ0) is 8.01. The number of ether oxygens (including phenoxy) is 2. The van der Waals surface area contributed by atoms with Crippen molar-refractivity contribution in [2.45, 2.75) is 24.7 Å². The van der Waals surface area contributed by atoms with Crippen molar-refractivity contribution in [3.63, 3.8) is 0 Å². The summed E-state index contributed by atoms with van der Waals surface area (Å²) in [7, 11) is 0.